The molecule has 1 aromatic rings. The molecular formula is C8H13N3. The van der Waals surface area contributed by atoms with Gasteiger partial charge in [-0.25, -0.2) is 0 Å². The number of aromatic nitrogens is 2. The Bertz CT molecular complexity index is 277. The van der Waals surface area contributed by atoms with E-state index in [1.807, 2.05) is 17.9 Å². The average molecular weight is 151 g/mol. The van der Waals surface area contributed by atoms with Crippen LogP contribution < -0.4 is 5.73 Å². The summed E-state index contributed by atoms with van der Waals surface area (Å²) < 4.78 is 1.90. The normalized spacial score (nSPS) is 29.0. The molecule has 0 spiro atoms. The maximum atomic E-state index is 5.74. The minimum atomic E-state index is 0.387. The van der Waals surface area contributed by atoms with Crippen molar-refractivity contribution in [3.05, 3.63) is 17.5 Å². The molecule has 1 saturated carbocycles. The summed E-state index contributed by atoms with van der Waals surface area (Å²) in [6.45, 7) is 2.09. The van der Waals surface area contributed by atoms with Crippen LogP contribution in [-0.2, 0) is 7.05 Å². The number of rotatable bonds is 1. The molecule has 1 fully saturated rings. The fourth-order valence-electron chi connectivity index (χ4n) is 1.45. The lowest BCUT2D eigenvalue weighted by Gasteiger charge is -1.96. The van der Waals surface area contributed by atoms with E-state index < -0.39 is 0 Å². The third kappa shape index (κ3) is 0.959. The Labute approximate surface area is 66.2 Å². The molecule has 1 aliphatic carbocycles. The molecular weight excluding hydrogens is 138 g/mol. The highest BCUT2D eigenvalue weighted by atomic mass is 15.3. The van der Waals surface area contributed by atoms with Gasteiger partial charge in [-0.3, -0.25) is 4.68 Å². The van der Waals surface area contributed by atoms with Crippen molar-refractivity contribution in [2.24, 2.45) is 12.8 Å². The smallest absolute Gasteiger partial charge is 0.0527 e. The number of nitrogens with zero attached hydrogens (tertiary/aromatic N) is 2. The number of hydrogen-bond donors (Lipinski definition) is 1. The highest BCUT2D eigenvalue weighted by molar-refractivity contribution is 5.28. The molecule has 0 unspecified atom stereocenters. The molecule has 1 heterocycles. The van der Waals surface area contributed by atoms with Crippen LogP contribution in [0.2, 0.25) is 0 Å². The lowest BCUT2D eigenvalue weighted by atomic mass is 10.2. The summed E-state index contributed by atoms with van der Waals surface area (Å²) in [5, 5.41) is 4.17. The standard InChI is InChI=1S/C8H13N3/c1-5-7(4-10-11(5)2)6-3-8(6)9/h4,6,8H,3,9H2,1-2H3/t6-,8+/m1/s1. The molecule has 11 heavy (non-hydrogen) atoms. The van der Waals surface area contributed by atoms with Gasteiger partial charge in [0.2, 0.25) is 0 Å². The second-order valence-electron chi connectivity index (χ2n) is 3.31. The molecule has 0 aromatic carbocycles. The molecule has 2 N–H and O–H groups in total. The van der Waals surface area contributed by atoms with E-state index in [0.717, 1.165) is 6.42 Å². The molecule has 0 amide bonds. The lowest BCUT2D eigenvalue weighted by Crippen LogP contribution is -2.01. The summed E-state index contributed by atoms with van der Waals surface area (Å²) in [6.07, 6.45) is 3.07. The van der Waals surface area contributed by atoms with Gasteiger partial charge in [0.25, 0.3) is 0 Å². The zero-order chi connectivity index (χ0) is 8.01. The van der Waals surface area contributed by atoms with Crippen molar-refractivity contribution < 1.29 is 0 Å². The van der Waals surface area contributed by atoms with Crippen molar-refractivity contribution in [3.8, 4) is 0 Å². The van der Waals surface area contributed by atoms with E-state index in [9.17, 15) is 0 Å². The van der Waals surface area contributed by atoms with Crippen molar-refractivity contribution in [1.82, 2.24) is 9.78 Å². The zero-order valence-corrected chi connectivity index (χ0v) is 6.91. The predicted octanol–water partition coefficient (Wildman–Crippen LogP) is 0.543. The monoisotopic (exact) mass is 151 g/mol. The molecule has 0 radical (unpaired) electrons. The Kier molecular flexibility index (Phi) is 1.29. The Morgan fingerprint density at radius 1 is 1.73 bits per heavy atom. The molecule has 3 heteroatoms. The second kappa shape index (κ2) is 2.08. The van der Waals surface area contributed by atoms with Crippen LogP contribution in [0.15, 0.2) is 6.20 Å². The molecule has 2 rings (SSSR count). The SMILES string of the molecule is Cc1c([C@H]2C[C@@H]2N)cnn1C. The van der Waals surface area contributed by atoms with Crippen LogP contribution in [0, 0.1) is 6.92 Å². The van der Waals surface area contributed by atoms with Crippen LogP contribution >= 0.6 is 0 Å². The highest BCUT2D eigenvalue weighted by Gasteiger charge is 2.36. The summed E-state index contributed by atoms with van der Waals surface area (Å²) in [6, 6.07) is 0.387. The first kappa shape index (κ1) is 6.85. The van der Waals surface area contributed by atoms with Gasteiger partial charge in [-0.05, 0) is 18.9 Å². The highest BCUT2D eigenvalue weighted by Crippen LogP contribution is 2.39. The van der Waals surface area contributed by atoms with Crippen molar-refractivity contribution in [3.63, 3.8) is 0 Å². The minimum Gasteiger partial charge on any atom is -0.327 e. The van der Waals surface area contributed by atoms with Crippen LogP contribution in [0.25, 0.3) is 0 Å². The molecule has 1 aliphatic rings. The molecule has 3 nitrogen and oxygen atoms in total. The predicted molar refractivity (Wildman–Crippen MR) is 43.3 cm³/mol. The van der Waals surface area contributed by atoms with Gasteiger partial charge < -0.3 is 5.73 Å². The fraction of sp³-hybridized carbons (Fsp3) is 0.625. The lowest BCUT2D eigenvalue weighted by molar-refractivity contribution is 0.737. The first-order valence-corrected chi connectivity index (χ1v) is 3.94. The number of nitrogens with two attached hydrogens (primary N) is 1. The van der Waals surface area contributed by atoms with Gasteiger partial charge in [0, 0.05) is 24.7 Å². The number of aryl methyl sites for hydroxylation is 1. The van der Waals surface area contributed by atoms with E-state index in [1.54, 1.807) is 0 Å². The minimum absolute atomic E-state index is 0.387. The summed E-state index contributed by atoms with van der Waals surface area (Å²) >= 11 is 0. The van der Waals surface area contributed by atoms with Gasteiger partial charge in [0.05, 0.1) is 6.20 Å². The first-order valence-electron chi connectivity index (χ1n) is 3.94. The number of hydrogen-bond acceptors (Lipinski definition) is 2. The summed E-state index contributed by atoms with van der Waals surface area (Å²) in [5.74, 6) is 0.587. The summed E-state index contributed by atoms with van der Waals surface area (Å²) in [5.41, 5.74) is 8.33. The van der Waals surface area contributed by atoms with Crippen LogP contribution in [0.3, 0.4) is 0 Å². The van der Waals surface area contributed by atoms with E-state index in [-0.39, 0.29) is 0 Å². The molecule has 0 bridgehead atoms. The Balaban J connectivity index is 2.31. The fourth-order valence-corrected chi connectivity index (χ4v) is 1.45. The average Bonchev–Trinajstić information content (AvgIpc) is 2.58. The molecule has 2 atom stereocenters. The van der Waals surface area contributed by atoms with E-state index in [1.165, 1.54) is 11.3 Å². The molecule has 1 aromatic heterocycles. The zero-order valence-electron chi connectivity index (χ0n) is 6.91. The van der Waals surface area contributed by atoms with Crippen LogP contribution in [0.1, 0.15) is 23.6 Å². The van der Waals surface area contributed by atoms with E-state index in [0.29, 0.717) is 12.0 Å². The maximum Gasteiger partial charge on any atom is 0.0527 e. The van der Waals surface area contributed by atoms with Crippen molar-refractivity contribution in [1.29, 1.82) is 0 Å². The van der Waals surface area contributed by atoms with Gasteiger partial charge in [-0.2, -0.15) is 5.10 Å². The Hall–Kier alpha value is -0.830. The van der Waals surface area contributed by atoms with Crippen molar-refractivity contribution in [2.75, 3.05) is 0 Å². The first-order chi connectivity index (χ1) is 5.20. The summed E-state index contributed by atoms with van der Waals surface area (Å²) in [4.78, 5) is 0. The largest absolute Gasteiger partial charge is 0.327 e. The Morgan fingerprint density at radius 3 is 2.73 bits per heavy atom. The van der Waals surface area contributed by atoms with E-state index in [4.69, 9.17) is 5.73 Å². The van der Waals surface area contributed by atoms with E-state index >= 15 is 0 Å². The third-order valence-electron chi connectivity index (χ3n) is 2.51. The van der Waals surface area contributed by atoms with Gasteiger partial charge in [0.1, 0.15) is 0 Å². The maximum absolute atomic E-state index is 5.74. The third-order valence-corrected chi connectivity index (χ3v) is 2.51. The van der Waals surface area contributed by atoms with Crippen molar-refractivity contribution in [2.45, 2.75) is 25.3 Å². The Morgan fingerprint density at radius 2 is 2.36 bits per heavy atom. The van der Waals surface area contributed by atoms with Crippen LogP contribution in [0.4, 0.5) is 0 Å². The van der Waals surface area contributed by atoms with Crippen molar-refractivity contribution >= 4 is 0 Å². The van der Waals surface area contributed by atoms with Crippen LogP contribution in [0.5, 0.6) is 0 Å². The topological polar surface area (TPSA) is 43.8 Å². The van der Waals surface area contributed by atoms with E-state index in [2.05, 4.69) is 12.0 Å². The summed E-state index contributed by atoms with van der Waals surface area (Å²) in [7, 11) is 1.97. The molecule has 60 valence electrons. The quantitative estimate of drug-likeness (QED) is 0.636. The van der Waals surface area contributed by atoms with Gasteiger partial charge in [-0.1, -0.05) is 0 Å². The van der Waals surface area contributed by atoms with Gasteiger partial charge in [0.15, 0.2) is 0 Å². The van der Waals surface area contributed by atoms with Gasteiger partial charge >= 0.3 is 0 Å². The van der Waals surface area contributed by atoms with Crippen LogP contribution in [-0.4, -0.2) is 15.8 Å². The van der Waals surface area contributed by atoms with Gasteiger partial charge in [-0.15, -0.1) is 0 Å². The molecule has 0 saturated heterocycles. The molecule has 0 aliphatic heterocycles. The second-order valence-corrected chi connectivity index (χ2v) is 3.31.